The van der Waals surface area contributed by atoms with Gasteiger partial charge in [0.15, 0.2) is 0 Å². The topological polar surface area (TPSA) is 29.5 Å². The Kier molecular flexibility index (Phi) is 4.17. The van der Waals surface area contributed by atoms with Crippen molar-refractivity contribution in [1.29, 1.82) is 0 Å². The van der Waals surface area contributed by atoms with E-state index in [1.807, 2.05) is 31.2 Å². The van der Waals surface area contributed by atoms with Gasteiger partial charge in [0.25, 0.3) is 0 Å². The molecule has 2 aromatic carbocycles. The maximum atomic E-state index is 13.0. The van der Waals surface area contributed by atoms with Crippen molar-refractivity contribution in [2.45, 2.75) is 19.4 Å². The molecule has 0 radical (unpaired) electrons. The van der Waals surface area contributed by atoms with E-state index in [9.17, 15) is 9.50 Å². The molecule has 0 aliphatic carbocycles. The van der Waals surface area contributed by atoms with Crippen molar-refractivity contribution < 1.29 is 14.2 Å². The molecule has 0 spiro atoms. The van der Waals surface area contributed by atoms with E-state index in [2.05, 4.69) is 0 Å². The standard InChI is InChI=1S/C16H17FO2/c1-11-8-14(17)7-6-12(11)10-16(18)13-4-3-5-15(9-13)19-2/h3-9,16,18H,10H2,1-2H3. The number of ether oxygens (including phenoxy) is 1. The second kappa shape index (κ2) is 5.85. The monoisotopic (exact) mass is 260 g/mol. The lowest BCUT2D eigenvalue weighted by Crippen LogP contribution is -2.03. The smallest absolute Gasteiger partial charge is 0.123 e. The van der Waals surface area contributed by atoms with Crippen molar-refractivity contribution in [3.63, 3.8) is 0 Å². The third kappa shape index (κ3) is 3.32. The predicted octanol–water partition coefficient (Wildman–Crippen LogP) is 3.42. The van der Waals surface area contributed by atoms with Crippen molar-refractivity contribution >= 4 is 0 Å². The maximum Gasteiger partial charge on any atom is 0.123 e. The first-order valence-corrected chi connectivity index (χ1v) is 6.17. The minimum atomic E-state index is -0.626. The molecule has 1 N–H and O–H groups in total. The number of benzene rings is 2. The summed E-state index contributed by atoms with van der Waals surface area (Å²) in [6.07, 6.45) is -0.168. The van der Waals surface area contributed by atoms with Crippen LogP contribution in [0, 0.1) is 12.7 Å². The van der Waals surface area contributed by atoms with Gasteiger partial charge in [-0.25, -0.2) is 4.39 Å². The largest absolute Gasteiger partial charge is 0.497 e. The van der Waals surface area contributed by atoms with E-state index in [4.69, 9.17) is 4.74 Å². The van der Waals surface area contributed by atoms with E-state index in [-0.39, 0.29) is 5.82 Å². The van der Waals surface area contributed by atoms with E-state index in [1.54, 1.807) is 13.2 Å². The minimum Gasteiger partial charge on any atom is -0.497 e. The van der Waals surface area contributed by atoms with Crippen LogP contribution in [0.25, 0.3) is 0 Å². The van der Waals surface area contributed by atoms with Crippen LogP contribution in [0.4, 0.5) is 4.39 Å². The molecule has 100 valence electrons. The highest BCUT2D eigenvalue weighted by molar-refractivity contribution is 5.32. The van der Waals surface area contributed by atoms with Gasteiger partial charge in [0.05, 0.1) is 13.2 Å². The van der Waals surface area contributed by atoms with Crippen molar-refractivity contribution in [2.24, 2.45) is 0 Å². The molecule has 0 aliphatic heterocycles. The van der Waals surface area contributed by atoms with Gasteiger partial charge in [-0.1, -0.05) is 18.2 Å². The van der Waals surface area contributed by atoms with Crippen molar-refractivity contribution in [3.8, 4) is 5.75 Å². The summed E-state index contributed by atoms with van der Waals surface area (Å²) in [4.78, 5) is 0. The van der Waals surface area contributed by atoms with Crippen LogP contribution in [0.2, 0.25) is 0 Å². The van der Waals surface area contributed by atoms with E-state index >= 15 is 0 Å². The molecule has 1 unspecified atom stereocenters. The molecule has 0 bridgehead atoms. The Balaban J connectivity index is 2.17. The Bertz CT molecular complexity index is 566. The minimum absolute atomic E-state index is 0.253. The molecule has 0 saturated heterocycles. The predicted molar refractivity (Wildman–Crippen MR) is 72.8 cm³/mol. The van der Waals surface area contributed by atoms with Crippen molar-refractivity contribution in [3.05, 3.63) is 65.0 Å². The molecule has 1 atom stereocenters. The van der Waals surface area contributed by atoms with Crippen molar-refractivity contribution in [2.75, 3.05) is 7.11 Å². The summed E-state index contributed by atoms with van der Waals surface area (Å²) in [6.45, 7) is 1.84. The summed E-state index contributed by atoms with van der Waals surface area (Å²) < 4.78 is 18.2. The number of halogens is 1. The zero-order valence-corrected chi connectivity index (χ0v) is 11.1. The molecule has 2 rings (SSSR count). The van der Waals surface area contributed by atoms with Gasteiger partial charge in [0.2, 0.25) is 0 Å². The Morgan fingerprint density at radius 2 is 2.00 bits per heavy atom. The number of aliphatic hydroxyl groups excluding tert-OH is 1. The van der Waals surface area contributed by atoms with Crippen LogP contribution in [0.5, 0.6) is 5.75 Å². The fourth-order valence-corrected chi connectivity index (χ4v) is 2.06. The number of hydrogen-bond donors (Lipinski definition) is 1. The normalized spacial score (nSPS) is 12.2. The summed E-state index contributed by atoms with van der Waals surface area (Å²) in [6, 6.07) is 12.0. The van der Waals surface area contributed by atoms with Crippen LogP contribution >= 0.6 is 0 Å². The highest BCUT2D eigenvalue weighted by Crippen LogP contribution is 2.23. The van der Waals surface area contributed by atoms with E-state index in [0.29, 0.717) is 12.2 Å². The Morgan fingerprint density at radius 1 is 1.21 bits per heavy atom. The van der Waals surface area contributed by atoms with Crippen LogP contribution in [-0.4, -0.2) is 12.2 Å². The summed E-state index contributed by atoms with van der Waals surface area (Å²) >= 11 is 0. The molecule has 19 heavy (non-hydrogen) atoms. The highest BCUT2D eigenvalue weighted by atomic mass is 19.1. The molecule has 2 nitrogen and oxygen atoms in total. The molecule has 0 saturated carbocycles. The van der Waals surface area contributed by atoms with E-state index in [1.165, 1.54) is 12.1 Å². The zero-order valence-electron chi connectivity index (χ0n) is 11.1. The summed E-state index contributed by atoms with van der Waals surface area (Å²) in [5.74, 6) is 0.462. The second-order valence-corrected chi connectivity index (χ2v) is 4.57. The first kappa shape index (κ1) is 13.6. The second-order valence-electron chi connectivity index (χ2n) is 4.57. The van der Waals surface area contributed by atoms with Gasteiger partial charge in [-0.2, -0.15) is 0 Å². The third-order valence-corrected chi connectivity index (χ3v) is 3.20. The average Bonchev–Trinajstić information content (AvgIpc) is 2.42. The molecule has 2 aromatic rings. The van der Waals surface area contributed by atoms with Gasteiger partial charge < -0.3 is 9.84 Å². The molecule has 0 aliphatic rings. The average molecular weight is 260 g/mol. The quantitative estimate of drug-likeness (QED) is 0.912. The van der Waals surface area contributed by atoms with Crippen LogP contribution in [0.15, 0.2) is 42.5 Å². The summed E-state index contributed by atoms with van der Waals surface area (Å²) in [5.41, 5.74) is 2.58. The summed E-state index contributed by atoms with van der Waals surface area (Å²) in [5, 5.41) is 10.2. The van der Waals surface area contributed by atoms with Crippen molar-refractivity contribution in [1.82, 2.24) is 0 Å². The van der Waals surface area contributed by atoms with Crippen LogP contribution in [0.3, 0.4) is 0 Å². The Labute approximate surface area is 112 Å². The van der Waals surface area contributed by atoms with Gasteiger partial charge in [-0.05, 0) is 47.9 Å². The summed E-state index contributed by atoms with van der Waals surface area (Å²) in [7, 11) is 1.59. The number of aliphatic hydroxyl groups is 1. The van der Waals surface area contributed by atoms with Gasteiger partial charge in [-0.15, -0.1) is 0 Å². The molecule has 3 heteroatoms. The molecular formula is C16H17FO2. The number of hydrogen-bond acceptors (Lipinski definition) is 2. The molecular weight excluding hydrogens is 243 g/mol. The van der Waals surface area contributed by atoms with E-state index in [0.717, 1.165) is 16.7 Å². The van der Waals surface area contributed by atoms with Crippen LogP contribution in [0.1, 0.15) is 22.8 Å². The highest BCUT2D eigenvalue weighted by Gasteiger charge is 2.11. The Morgan fingerprint density at radius 3 is 2.68 bits per heavy atom. The van der Waals surface area contributed by atoms with E-state index < -0.39 is 6.10 Å². The van der Waals surface area contributed by atoms with Gasteiger partial charge in [0.1, 0.15) is 11.6 Å². The van der Waals surface area contributed by atoms with Crippen LogP contribution in [-0.2, 0) is 6.42 Å². The molecule has 0 heterocycles. The first-order chi connectivity index (χ1) is 9.10. The fourth-order valence-electron chi connectivity index (χ4n) is 2.06. The Hall–Kier alpha value is -1.87. The lowest BCUT2D eigenvalue weighted by Gasteiger charge is -2.14. The van der Waals surface area contributed by atoms with Gasteiger partial charge >= 0.3 is 0 Å². The first-order valence-electron chi connectivity index (χ1n) is 6.17. The van der Waals surface area contributed by atoms with Gasteiger partial charge in [0, 0.05) is 6.42 Å². The lowest BCUT2D eigenvalue weighted by atomic mass is 9.98. The third-order valence-electron chi connectivity index (χ3n) is 3.20. The number of aryl methyl sites for hydroxylation is 1. The van der Waals surface area contributed by atoms with Crippen LogP contribution < -0.4 is 4.74 Å². The molecule has 0 fully saturated rings. The zero-order chi connectivity index (χ0) is 13.8. The lowest BCUT2D eigenvalue weighted by molar-refractivity contribution is 0.178. The SMILES string of the molecule is COc1cccc(C(O)Cc2ccc(F)cc2C)c1. The molecule has 0 amide bonds. The maximum absolute atomic E-state index is 13.0. The number of methoxy groups -OCH3 is 1. The van der Waals surface area contributed by atoms with Gasteiger partial charge in [-0.3, -0.25) is 0 Å². The fraction of sp³-hybridized carbons (Fsp3) is 0.250. The number of rotatable bonds is 4. The molecule has 0 aromatic heterocycles.